The summed E-state index contributed by atoms with van der Waals surface area (Å²) < 4.78 is 18.9. The van der Waals surface area contributed by atoms with Crippen LogP contribution in [-0.4, -0.2) is 47.1 Å². The van der Waals surface area contributed by atoms with Gasteiger partial charge in [-0.25, -0.2) is 9.82 Å². The molecule has 2 unspecified atom stereocenters. The molecule has 3 atom stereocenters. The van der Waals surface area contributed by atoms with E-state index >= 15 is 0 Å². The summed E-state index contributed by atoms with van der Waals surface area (Å²) in [5, 5.41) is 12.3. The number of benzene rings is 2. The summed E-state index contributed by atoms with van der Waals surface area (Å²) in [6.45, 7) is 0.680. The van der Waals surface area contributed by atoms with Gasteiger partial charge in [0.05, 0.1) is 22.7 Å². The van der Waals surface area contributed by atoms with E-state index in [1.807, 2.05) is 42.3 Å². The Balaban J connectivity index is 1.25. The standard InChI is InChI=1S/C33H47Cl2N2O7P/c1-37(31-21-19-26(27-14-10-11-15-28(27)31)25-18-20-29(34)30(35)24-25)33(39)17-9-7-12-22-36-32(38)16-8-5-3-2-4-6-13-23-43-45(41,42)44-40/h10-11,14-15,18,20,24,26,31,40H,2-9,12-13,16-17,19,21-23H2,1H3,(H,36,38)(H,41,42)/t26?,31-/m0/s1. The lowest BCUT2D eigenvalue weighted by Gasteiger charge is -2.37. The molecule has 250 valence electrons. The molecule has 1 aliphatic carbocycles. The quantitative estimate of drug-likeness (QED) is 0.0551. The minimum atomic E-state index is -4.30. The Morgan fingerprint density at radius 3 is 2.24 bits per heavy atom. The van der Waals surface area contributed by atoms with Gasteiger partial charge >= 0.3 is 7.82 Å². The van der Waals surface area contributed by atoms with Crippen LogP contribution < -0.4 is 5.32 Å². The third-order valence-corrected chi connectivity index (χ3v) is 9.92. The van der Waals surface area contributed by atoms with Gasteiger partial charge in [-0.1, -0.05) is 92.1 Å². The van der Waals surface area contributed by atoms with Gasteiger partial charge < -0.3 is 15.1 Å². The average Bonchev–Trinajstić information content (AvgIpc) is 3.03. The fourth-order valence-electron chi connectivity index (χ4n) is 5.96. The molecule has 0 fully saturated rings. The SMILES string of the molecule is CN(C(=O)CCCCCNC(=O)CCCCCCCCCOP(=O)(O)OO)[C@H]1CCC(c2ccc(Cl)c(Cl)c2)c2ccccc21. The lowest BCUT2D eigenvalue weighted by atomic mass is 9.76. The molecule has 0 saturated heterocycles. The molecule has 1 aliphatic rings. The molecule has 9 nitrogen and oxygen atoms in total. The normalized spacial score (nSPS) is 17.4. The number of halogens is 2. The molecule has 0 radical (unpaired) electrons. The van der Waals surface area contributed by atoms with Crippen molar-refractivity contribution in [2.24, 2.45) is 0 Å². The van der Waals surface area contributed by atoms with Gasteiger partial charge in [0.1, 0.15) is 0 Å². The largest absolute Gasteiger partial charge is 0.499 e. The van der Waals surface area contributed by atoms with Crippen molar-refractivity contribution < 1.29 is 33.5 Å². The second kappa shape index (κ2) is 19.6. The van der Waals surface area contributed by atoms with Crippen LogP contribution in [0, 0.1) is 0 Å². The summed E-state index contributed by atoms with van der Waals surface area (Å²) in [5.74, 6) is 0.431. The minimum absolute atomic E-state index is 0.0446. The topological polar surface area (TPSA) is 125 Å². The zero-order chi connectivity index (χ0) is 32.7. The zero-order valence-electron chi connectivity index (χ0n) is 26.1. The number of rotatable bonds is 20. The maximum Gasteiger partial charge on any atom is 0.499 e. The third kappa shape index (κ3) is 12.6. The summed E-state index contributed by atoms with van der Waals surface area (Å²) in [5.41, 5.74) is 3.57. The summed E-state index contributed by atoms with van der Waals surface area (Å²) in [6, 6.07) is 14.3. The highest BCUT2D eigenvalue weighted by Crippen LogP contribution is 2.44. The van der Waals surface area contributed by atoms with E-state index in [0.717, 1.165) is 76.2 Å². The van der Waals surface area contributed by atoms with Crippen molar-refractivity contribution in [2.45, 2.75) is 102 Å². The van der Waals surface area contributed by atoms with Gasteiger partial charge in [0.2, 0.25) is 11.8 Å². The molecule has 45 heavy (non-hydrogen) atoms. The van der Waals surface area contributed by atoms with Crippen molar-refractivity contribution in [3.8, 4) is 0 Å². The number of carbonyl (C=O) groups excluding carboxylic acids is 2. The first kappa shape index (κ1) is 37.5. The van der Waals surface area contributed by atoms with Gasteiger partial charge in [0.15, 0.2) is 0 Å². The highest BCUT2D eigenvalue weighted by atomic mass is 35.5. The molecule has 12 heteroatoms. The number of fused-ring (bicyclic) bond motifs is 1. The van der Waals surface area contributed by atoms with E-state index in [1.54, 1.807) is 0 Å². The van der Waals surface area contributed by atoms with Gasteiger partial charge in [-0.15, -0.1) is 4.67 Å². The van der Waals surface area contributed by atoms with Crippen molar-refractivity contribution in [1.29, 1.82) is 0 Å². The Bertz CT molecular complexity index is 1280. The Kier molecular flexibility index (Phi) is 16.4. The lowest BCUT2D eigenvalue weighted by molar-refractivity contribution is -0.162. The highest BCUT2D eigenvalue weighted by molar-refractivity contribution is 7.47. The van der Waals surface area contributed by atoms with E-state index in [4.69, 9.17) is 33.4 Å². The van der Waals surface area contributed by atoms with Crippen molar-refractivity contribution in [1.82, 2.24) is 10.2 Å². The Labute approximate surface area is 277 Å². The van der Waals surface area contributed by atoms with Gasteiger partial charge in [-0.3, -0.25) is 14.1 Å². The van der Waals surface area contributed by atoms with Gasteiger partial charge in [-0.05, 0) is 67.3 Å². The molecule has 0 heterocycles. The van der Waals surface area contributed by atoms with Crippen LogP contribution in [0.5, 0.6) is 0 Å². The summed E-state index contributed by atoms with van der Waals surface area (Å²) in [7, 11) is -2.39. The predicted molar refractivity (Wildman–Crippen MR) is 177 cm³/mol. The van der Waals surface area contributed by atoms with Crippen LogP contribution in [0.2, 0.25) is 10.0 Å². The van der Waals surface area contributed by atoms with Crippen LogP contribution in [0.1, 0.15) is 119 Å². The molecule has 0 saturated carbocycles. The molecule has 2 aromatic carbocycles. The summed E-state index contributed by atoms with van der Waals surface area (Å²) >= 11 is 12.5. The number of phosphoric acid groups is 1. The van der Waals surface area contributed by atoms with Gasteiger partial charge in [0, 0.05) is 32.4 Å². The van der Waals surface area contributed by atoms with E-state index < -0.39 is 7.82 Å². The number of amides is 2. The van der Waals surface area contributed by atoms with Crippen molar-refractivity contribution in [3.63, 3.8) is 0 Å². The molecule has 0 spiro atoms. The predicted octanol–water partition coefficient (Wildman–Crippen LogP) is 8.82. The highest BCUT2D eigenvalue weighted by Gasteiger charge is 2.32. The molecule has 2 aromatic rings. The first-order chi connectivity index (χ1) is 21.6. The van der Waals surface area contributed by atoms with Gasteiger partial charge in [-0.2, -0.15) is 0 Å². The molecule has 2 amide bonds. The summed E-state index contributed by atoms with van der Waals surface area (Å²) in [6.07, 6.45) is 11.6. The van der Waals surface area contributed by atoms with Crippen LogP contribution in [0.3, 0.4) is 0 Å². The Morgan fingerprint density at radius 2 is 1.53 bits per heavy atom. The van der Waals surface area contributed by atoms with Crippen LogP contribution in [0.15, 0.2) is 42.5 Å². The average molecular weight is 686 g/mol. The molecule has 0 bridgehead atoms. The first-order valence-electron chi connectivity index (χ1n) is 16.0. The molecule has 3 rings (SSSR count). The summed E-state index contributed by atoms with van der Waals surface area (Å²) in [4.78, 5) is 36.1. The van der Waals surface area contributed by atoms with Crippen LogP contribution in [0.25, 0.3) is 0 Å². The van der Waals surface area contributed by atoms with Crippen molar-refractivity contribution in [3.05, 3.63) is 69.2 Å². The number of carbonyl (C=O) groups is 2. The van der Waals surface area contributed by atoms with E-state index in [-0.39, 0.29) is 30.4 Å². The van der Waals surface area contributed by atoms with Crippen LogP contribution in [-0.2, 0) is 23.4 Å². The van der Waals surface area contributed by atoms with E-state index in [0.29, 0.717) is 35.9 Å². The van der Waals surface area contributed by atoms with Crippen molar-refractivity contribution in [2.75, 3.05) is 20.2 Å². The number of nitrogens with one attached hydrogen (secondary N) is 1. The number of hydrogen-bond acceptors (Lipinski definition) is 6. The number of nitrogens with zero attached hydrogens (tertiary/aromatic N) is 1. The molecular formula is C33H47Cl2N2O7P. The Hall–Kier alpha value is -1.97. The monoisotopic (exact) mass is 684 g/mol. The fourth-order valence-corrected chi connectivity index (χ4v) is 6.68. The molecule has 3 N–H and O–H groups in total. The maximum absolute atomic E-state index is 13.1. The smallest absolute Gasteiger partial charge is 0.356 e. The Morgan fingerprint density at radius 1 is 0.889 bits per heavy atom. The van der Waals surface area contributed by atoms with E-state index in [1.165, 1.54) is 11.1 Å². The number of unbranched alkanes of at least 4 members (excludes halogenated alkanes) is 8. The van der Waals surface area contributed by atoms with Crippen LogP contribution in [0.4, 0.5) is 0 Å². The third-order valence-electron chi connectivity index (χ3n) is 8.46. The van der Waals surface area contributed by atoms with Crippen LogP contribution >= 0.6 is 31.0 Å². The van der Waals surface area contributed by atoms with Crippen molar-refractivity contribution >= 4 is 42.8 Å². The molecule has 0 aliphatic heterocycles. The minimum Gasteiger partial charge on any atom is -0.356 e. The van der Waals surface area contributed by atoms with Gasteiger partial charge in [0.25, 0.3) is 0 Å². The fraction of sp³-hybridized carbons (Fsp3) is 0.576. The maximum atomic E-state index is 13.1. The first-order valence-corrected chi connectivity index (χ1v) is 18.2. The lowest BCUT2D eigenvalue weighted by Crippen LogP contribution is -2.34. The zero-order valence-corrected chi connectivity index (χ0v) is 28.5. The molecular weight excluding hydrogens is 638 g/mol. The second-order valence-electron chi connectivity index (χ2n) is 11.7. The molecule has 0 aromatic heterocycles. The second-order valence-corrected chi connectivity index (χ2v) is 13.9. The number of phosphoric ester groups is 1. The van der Waals surface area contributed by atoms with E-state index in [9.17, 15) is 14.2 Å². The van der Waals surface area contributed by atoms with E-state index in [2.05, 4.69) is 26.6 Å². The number of hydrogen-bond donors (Lipinski definition) is 3.